The lowest BCUT2D eigenvalue weighted by Gasteiger charge is -2.07. The summed E-state index contributed by atoms with van der Waals surface area (Å²) in [7, 11) is 0. The summed E-state index contributed by atoms with van der Waals surface area (Å²) in [5, 5.41) is 9.61. The van der Waals surface area contributed by atoms with Crippen LogP contribution in [-0.2, 0) is 6.42 Å². The molecule has 0 unspecified atom stereocenters. The number of aliphatic hydroxyl groups is 1. The molecule has 1 aromatic carbocycles. The van der Waals surface area contributed by atoms with Gasteiger partial charge in [-0.2, -0.15) is 0 Å². The molecule has 0 spiro atoms. The standard InChI is InChI=1S/C11H12F2O/c12-10(13)9-3-1-8(2-4-9)7-11(14)5-6-11/h1-4,10,14H,5-7H2. The first kappa shape index (κ1) is 9.59. The summed E-state index contributed by atoms with van der Waals surface area (Å²) in [4.78, 5) is 0. The first-order valence-electron chi connectivity index (χ1n) is 4.68. The highest BCUT2D eigenvalue weighted by Crippen LogP contribution is 2.38. The highest BCUT2D eigenvalue weighted by Gasteiger charge is 2.39. The van der Waals surface area contributed by atoms with Gasteiger partial charge in [-0.05, 0) is 18.4 Å². The van der Waals surface area contributed by atoms with E-state index in [4.69, 9.17) is 0 Å². The van der Waals surface area contributed by atoms with E-state index >= 15 is 0 Å². The fourth-order valence-corrected chi connectivity index (χ4v) is 1.48. The van der Waals surface area contributed by atoms with Gasteiger partial charge in [-0.3, -0.25) is 0 Å². The molecule has 1 nitrogen and oxygen atoms in total. The van der Waals surface area contributed by atoms with Gasteiger partial charge in [0.1, 0.15) is 0 Å². The van der Waals surface area contributed by atoms with E-state index in [0.29, 0.717) is 6.42 Å². The minimum Gasteiger partial charge on any atom is -0.390 e. The van der Waals surface area contributed by atoms with Gasteiger partial charge in [0.2, 0.25) is 0 Å². The fraction of sp³-hybridized carbons (Fsp3) is 0.455. The number of halogens is 2. The van der Waals surface area contributed by atoms with Gasteiger partial charge < -0.3 is 5.11 Å². The Hall–Kier alpha value is -0.960. The molecule has 76 valence electrons. The Kier molecular flexibility index (Phi) is 2.27. The topological polar surface area (TPSA) is 20.2 Å². The van der Waals surface area contributed by atoms with Gasteiger partial charge in [0.25, 0.3) is 6.43 Å². The predicted molar refractivity (Wildman–Crippen MR) is 49.3 cm³/mol. The maximum atomic E-state index is 12.2. The van der Waals surface area contributed by atoms with Crippen molar-refractivity contribution in [3.05, 3.63) is 35.4 Å². The molecule has 0 heterocycles. The van der Waals surface area contributed by atoms with Crippen LogP contribution in [0, 0.1) is 0 Å². The Balaban J connectivity index is 2.06. The van der Waals surface area contributed by atoms with Crippen molar-refractivity contribution in [2.45, 2.75) is 31.3 Å². The Labute approximate surface area is 81.4 Å². The van der Waals surface area contributed by atoms with Crippen molar-refractivity contribution in [1.29, 1.82) is 0 Å². The molecule has 14 heavy (non-hydrogen) atoms. The van der Waals surface area contributed by atoms with E-state index in [-0.39, 0.29) is 5.56 Å². The Morgan fingerprint density at radius 3 is 2.21 bits per heavy atom. The first-order valence-corrected chi connectivity index (χ1v) is 4.68. The molecule has 1 aliphatic rings. The van der Waals surface area contributed by atoms with Gasteiger partial charge in [0.15, 0.2) is 0 Å². The summed E-state index contributed by atoms with van der Waals surface area (Å²) in [6, 6.07) is 6.17. The minimum absolute atomic E-state index is 0.0385. The zero-order valence-electron chi connectivity index (χ0n) is 7.71. The quantitative estimate of drug-likeness (QED) is 0.791. The van der Waals surface area contributed by atoms with Crippen molar-refractivity contribution in [1.82, 2.24) is 0 Å². The SMILES string of the molecule is OC1(Cc2ccc(C(F)F)cc2)CC1. The molecule has 0 radical (unpaired) electrons. The van der Waals surface area contributed by atoms with Gasteiger partial charge in [-0.25, -0.2) is 8.78 Å². The van der Waals surface area contributed by atoms with E-state index in [9.17, 15) is 13.9 Å². The van der Waals surface area contributed by atoms with Crippen molar-refractivity contribution in [3.63, 3.8) is 0 Å². The van der Waals surface area contributed by atoms with Crippen LogP contribution in [-0.4, -0.2) is 10.7 Å². The number of rotatable bonds is 3. The first-order chi connectivity index (χ1) is 6.59. The van der Waals surface area contributed by atoms with Crippen molar-refractivity contribution in [2.75, 3.05) is 0 Å². The molecule has 1 aromatic rings. The molecule has 0 amide bonds. The van der Waals surface area contributed by atoms with Gasteiger partial charge in [0, 0.05) is 12.0 Å². The second-order valence-electron chi connectivity index (χ2n) is 3.94. The molecule has 3 heteroatoms. The number of hydrogen-bond acceptors (Lipinski definition) is 1. The van der Waals surface area contributed by atoms with Gasteiger partial charge in [0.05, 0.1) is 5.60 Å². The highest BCUT2D eigenvalue weighted by molar-refractivity contribution is 5.25. The Morgan fingerprint density at radius 1 is 1.21 bits per heavy atom. The lowest BCUT2D eigenvalue weighted by atomic mass is 10.0. The maximum Gasteiger partial charge on any atom is 0.263 e. The largest absolute Gasteiger partial charge is 0.390 e. The van der Waals surface area contributed by atoms with Crippen LogP contribution in [0.15, 0.2) is 24.3 Å². The summed E-state index contributed by atoms with van der Waals surface area (Å²) in [5.41, 5.74) is 0.415. The van der Waals surface area contributed by atoms with Crippen molar-refractivity contribution >= 4 is 0 Å². The Bertz CT molecular complexity index is 315. The normalized spacial score (nSPS) is 18.6. The average Bonchev–Trinajstić information content (AvgIpc) is 2.84. The molecule has 0 aromatic heterocycles. The molecule has 0 bridgehead atoms. The van der Waals surface area contributed by atoms with Crippen molar-refractivity contribution < 1.29 is 13.9 Å². The summed E-state index contributed by atoms with van der Waals surface area (Å²) >= 11 is 0. The predicted octanol–water partition coefficient (Wildman–Crippen LogP) is 2.69. The summed E-state index contributed by atoms with van der Waals surface area (Å²) in [6.45, 7) is 0. The monoisotopic (exact) mass is 198 g/mol. The second kappa shape index (κ2) is 3.31. The second-order valence-corrected chi connectivity index (χ2v) is 3.94. The van der Waals surface area contributed by atoms with Crippen LogP contribution in [0.3, 0.4) is 0 Å². The molecule has 1 N–H and O–H groups in total. The smallest absolute Gasteiger partial charge is 0.263 e. The van der Waals surface area contributed by atoms with E-state index in [0.717, 1.165) is 18.4 Å². The molecule has 0 aliphatic heterocycles. The zero-order valence-corrected chi connectivity index (χ0v) is 7.71. The number of alkyl halides is 2. The van der Waals surface area contributed by atoms with Crippen LogP contribution in [0.25, 0.3) is 0 Å². The third-order valence-corrected chi connectivity index (χ3v) is 2.59. The van der Waals surface area contributed by atoms with E-state index < -0.39 is 12.0 Å². The summed E-state index contributed by atoms with van der Waals surface area (Å²) in [6.07, 6.45) is -0.183. The van der Waals surface area contributed by atoms with E-state index in [1.54, 1.807) is 12.1 Å². The van der Waals surface area contributed by atoms with Gasteiger partial charge in [-0.15, -0.1) is 0 Å². The van der Waals surface area contributed by atoms with Crippen molar-refractivity contribution in [2.24, 2.45) is 0 Å². The van der Waals surface area contributed by atoms with Gasteiger partial charge >= 0.3 is 0 Å². The van der Waals surface area contributed by atoms with Crippen LogP contribution in [0.1, 0.15) is 30.4 Å². The molecule has 0 saturated heterocycles. The average molecular weight is 198 g/mol. The van der Waals surface area contributed by atoms with Gasteiger partial charge in [-0.1, -0.05) is 24.3 Å². The number of benzene rings is 1. The molecule has 1 aliphatic carbocycles. The Morgan fingerprint density at radius 2 is 1.79 bits per heavy atom. The molecular weight excluding hydrogens is 186 g/mol. The molecule has 0 atom stereocenters. The van der Waals surface area contributed by atoms with Crippen LogP contribution in [0.2, 0.25) is 0 Å². The van der Waals surface area contributed by atoms with Crippen LogP contribution in [0.4, 0.5) is 8.78 Å². The van der Waals surface area contributed by atoms with E-state index in [1.165, 1.54) is 12.1 Å². The molecule has 2 rings (SSSR count). The summed E-state index contributed by atoms with van der Waals surface area (Å²) < 4.78 is 24.4. The third-order valence-electron chi connectivity index (χ3n) is 2.59. The van der Waals surface area contributed by atoms with E-state index in [1.807, 2.05) is 0 Å². The van der Waals surface area contributed by atoms with Crippen molar-refractivity contribution in [3.8, 4) is 0 Å². The summed E-state index contributed by atoms with van der Waals surface area (Å²) in [5.74, 6) is 0. The molecule has 1 saturated carbocycles. The highest BCUT2D eigenvalue weighted by atomic mass is 19.3. The minimum atomic E-state index is -2.41. The lowest BCUT2D eigenvalue weighted by molar-refractivity contribution is 0.150. The lowest BCUT2D eigenvalue weighted by Crippen LogP contribution is -2.10. The van der Waals surface area contributed by atoms with Crippen LogP contribution < -0.4 is 0 Å². The third kappa shape index (κ3) is 2.10. The van der Waals surface area contributed by atoms with E-state index in [2.05, 4.69) is 0 Å². The van der Waals surface area contributed by atoms with Crippen LogP contribution in [0.5, 0.6) is 0 Å². The molecule has 1 fully saturated rings. The molecular formula is C11H12F2O. The number of hydrogen-bond donors (Lipinski definition) is 1. The fourth-order valence-electron chi connectivity index (χ4n) is 1.48. The van der Waals surface area contributed by atoms with Crippen LogP contribution >= 0.6 is 0 Å². The zero-order chi connectivity index (χ0) is 10.2. The maximum absolute atomic E-state index is 12.2.